The maximum Gasteiger partial charge on any atom is 0.268 e. The van der Waals surface area contributed by atoms with Crippen molar-refractivity contribution in [2.45, 2.75) is 37.8 Å². The third-order valence-electron chi connectivity index (χ3n) is 6.59. The van der Waals surface area contributed by atoms with Gasteiger partial charge < -0.3 is 20.1 Å². The van der Waals surface area contributed by atoms with Crippen molar-refractivity contribution in [1.82, 2.24) is 19.9 Å². The normalized spacial score (nSPS) is 18.4. The number of amides is 1. The Morgan fingerprint density at radius 1 is 0.970 bits per heavy atom. The second kappa shape index (κ2) is 8.73. The van der Waals surface area contributed by atoms with Gasteiger partial charge in [-0.3, -0.25) is 4.79 Å². The maximum absolute atomic E-state index is 12.9. The summed E-state index contributed by atoms with van der Waals surface area (Å²) in [5, 5.41) is 8.92. The third kappa shape index (κ3) is 4.23. The molecule has 4 aromatic rings. The van der Waals surface area contributed by atoms with Gasteiger partial charge in [0.1, 0.15) is 11.5 Å². The van der Waals surface area contributed by atoms with Gasteiger partial charge in [-0.15, -0.1) is 0 Å². The Morgan fingerprint density at radius 3 is 2.42 bits per heavy atom. The molecule has 33 heavy (non-hydrogen) atoms. The number of carbonyl (C=O) groups is 1. The highest BCUT2D eigenvalue weighted by molar-refractivity contribution is 5.98. The van der Waals surface area contributed by atoms with Crippen LogP contribution in [0.25, 0.3) is 21.8 Å². The first-order chi connectivity index (χ1) is 16.0. The number of anilines is 2. The van der Waals surface area contributed by atoms with E-state index >= 15 is 0 Å². The Bertz CT molecular complexity index is 1300. The summed E-state index contributed by atoms with van der Waals surface area (Å²) >= 11 is 0. The van der Waals surface area contributed by atoms with Crippen LogP contribution >= 0.6 is 0 Å². The van der Waals surface area contributed by atoms with Gasteiger partial charge in [0, 0.05) is 49.5 Å². The Kier molecular flexibility index (Phi) is 5.62. The monoisotopic (exact) mass is 442 g/mol. The van der Waals surface area contributed by atoms with Crippen molar-refractivity contribution in [2.24, 2.45) is 7.05 Å². The van der Waals surface area contributed by atoms with Crippen molar-refractivity contribution in [1.29, 1.82) is 0 Å². The second-order valence-electron chi connectivity index (χ2n) is 9.10. The number of fused-ring (bicyclic) bond motifs is 2. The minimum atomic E-state index is -0.00130. The van der Waals surface area contributed by atoms with E-state index in [0.717, 1.165) is 53.3 Å². The number of hydrogen-bond acceptors (Lipinski definition) is 5. The number of rotatable bonds is 5. The van der Waals surface area contributed by atoms with E-state index < -0.39 is 0 Å². The molecule has 1 aliphatic rings. The molecule has 1 fully saturated rings. The van der Waals surface area contributed by atoms with Gasteiger partial charge >= 0.3 is 0 Å². The first kappa shape index (κ1) is 21.2. The van der Waals surface area contributed by atoms with Crippen LogP contribution < -0.4 is 15.5 Å². The van der Waals surface area contributed by atoms with Crippen molar-refractivity contribution in [2.75, 3.05) is 24.3 Å². The van der Waals surface area contributed by atoms with Gasteiger partial charge in [-0.25, -0.2) is 4.98 Å². The molecule has 0 atom stereocenters. The molecule has 0 saturated heterocycles. The van der Waals surface area contributed by atoms with Gasteiger partial charge in [-0.1, -0.05) is 30.3 Å². The zero-order chi connectivity index (χ0) is 22.9. The molecule has 1 amide bonds. The summed E-state index contributed by atoms with van der Waals surface area (Å²) < 4.78 is 1.97. The van der Waals surface area contributed by atoms with Crippen molar-refractivity contribution in [3.05, 3.63) is 60.3 Å². The predicted octanol–water partition coefficient (Wildman–Crippen LogP) is 4.34. The fourth-order valence-corrected chi connectivity index (χ4v) is 4.80. The number of para-hydroxylation sites is 2. The van der Waals surface area contributed by atoms with Gasteiger partial charge in [0.15, 0.2) is 0 Å². The molecule has 0 bridgehead atoms. The Hall–Kier alpha value is -3.61. The molecule has 0 aliphatic heterocycles. The van der Waals surface area contributed by atoms with Crippen LogP contribution in [0.4, 0.5) is 11.8 Å². The van der Waals surface area contributed by atoms with Crippen LogP contribution in [0.1, 0.15) is 36.2 Å². The quantitative estimate of drug-likeness (QED) is 0.481. The van der Waals surface area contributed by atoms with Crippen molar-refractivity contribution >= 4 is 39.5 Å². The summed E-state index contributed by atoms with van der Waals surface area (Å²) in [6, 6.07) is 18.6. The minimum absolute atomic E-state index is 0.00130. The van der Waals surface area contributed by atoms with Crippen LogP contribution in [0, 0.1) is 0 Å². The molecule has 0 unspecified atom stereocenters. The van der Waals surface area contributed by atoms with E-state index in [1.165, 1.54) is 0 Å². The lowest BCUT2D eigenvalue weighted by Crippen LogP contribution is -2.40. The van der Waals surface area contributed by atoms with Crippen LogP contribution in [0.3, 0.4) is 0 Å². The van der Waals surface area contributed by atoms with Crippen molar-refractivity contribution in [3.63, 3.8) is 0 Å². The van der Waals surface area contributed by atoms with E-state index in [9.17, 15) is 4.79 Å². The number of hydrogen-bond donors (Lipinski definition) is 2. The molecule has 2 heterocycles. The van der Waals surface area contributed by atoms with Crippen LogP contribution in [0.15, 0.2) is 54.6 Å². The van der Waals surface area contributed by atoms with E-state index in [0.29, 0.717) is 17.7 Å². The molecule has 170 valence electrons. The highest BCUT2D eigenvalue weighted by Gasteiger charge is 2.25. The molecule has 1 saturated carbocycles. The summed E-state index contributed by atoms with van der Waals surface area (Å²) in [5.74, 6) is 1.58. The molecule has 5 rings (SSSR count). The summed E-state index contributed by atoms with van der Waals surface area (Å²) in [4.78, 5) is 24.4. The molecule has 7 nitrogen and oxygen atoms in total. The molecular weight excluding hydrogens is 412 g/mol. The van der Waals surface area contributed by atoms with Gasteiger partial charge in [-0.2, -0.15) is 4.98 Å². The minimum Gasteiger partial charge on any atom is -0.362 e. The standard InChI is InChI=1S/C26H30N6O/c1-31(2)24-20-9-5-6-10-21(20)29-26(30-24)28-19-14-12-18(13-15-19)27-25(33)23-16-17-8-4-7-11-22(17)32(23)3/h4-11,16,18-19H,12-15H2,1-3H3,(H,27,33)(H,28,29,30)/t18-,19+. The zero-order valence-corrected chi connectivity index (χ0v) is 19.4. The molecule has 0 spiro atoms. The van der Waals surface area contributed by atoms with Gasteiger partial charge in [0.25, 0.3) is 5.91 Å². The van der Waals surface area contributed by atoms with E-state index in [4.69, 9.17) is 9.97 Å². The van der Waals surface area contributed by atoms with E-state index in [2.05, 4.69) is 16.7 Å². The molecule has 1 aliphatic carbocycles. The largest absolute Gasteiger partial charge is 0.362 e. The SMILES string of the molecule is CN(C)c1nc(N[C@H]2CC[C@@H](NC(=O)c3cc4ccccc4n3C)CC2)nc2ccccc12. The molecule has 2 aromatic carbocycles. The molecule has 0 radical (unpaired) electrons. The second-order valence-corrected chi connectivity index (χ2v) is 9.10. The van der Waals surface area contributed by atoms with Gasteiger partial charge in [0.05, 0.1) is 5.52 Å². The molecule has 7 heteroatoms. The molecule has 2 aromatic heterocycles. The first-order valence-corrected chi connectivity index (χ1v) is 11.6. The van der Waals surface area contributed by atoms with Crippen LogP contribution in [-0.2, 0) is 7.05 Å². The van der Waals surface area contributed by atoms with E-state index in [1.54, 1.807) is 0 Å². The van der Waals surface area contributed by atoms with Crippen LogP contribution in [-0.4, -0.2) is 46.6 Å². The highest BCUT2D eigenvalue weighted by Crippen LogP contribution is 2.27. The summed E-state index contributed by atoms with van der Waals surface area (Å²) in [7, 11) is 5.95. The average Bonchev–Trinajstić information content (AvgIpc) is 3.16. The number of nitrogens with zero attached hydrogens (tertiary/aromatic N) is 4. The predicted molar refractivity (Wildman–Crippen MR) is 134 cm³/mol. The molecule has 2 N–H and O–H groups in total. The fraction of sp³-hybridized carbons (Fsp3) is 0.346. The number of aryl methyl sites for hydroxylation is 1. The summed E-state index contributed by atoms with van der Waals surface area (Å²) in [6.45, 7) is 0. The molecular formula is C26H30N6O. The van der Waals surface area contributed by atoms with Crippen molar-refractivity contribution < 1.29 is 4.79 Å². The number of benzene rings is 2. The first-order valence-electron chi connectivity index (χ1n) is 11.6. The Balaban J connectivity index is 1.22. The summed E-state index contributed by atoms with van der Waals surface area (Å²) in [5.41, 5.74) is 2.72. The fourth-order valence-electron chi connectivity index (χ4n) is 4.80. The topological polar surface area (TPSA) is 75.1 Å². The summed E-state index contributed by atoms with van der Waals surface area (Å²) in [6.07, 6.45) is 3.80. The average molecular weight is 443 g/mol. The van der Waals surface area contributed by atoms with Gasteiger partial charge in [-0.05, 0) is 49.9 Å². The van der Waals surface area contributed by atoms with E-state index in [1.807, 2.05) is 79.1 Å². The van der Waals surface area contributed by atoms with Crippen LogP contribution in [0.2, 0.25) is 0 Å². The van der Waals surface area contributed by atoms with Gasteiger partial charge in [0.2, 0.25) is 5.95 Å². The number of aromatic nitrogens is 3. The number of carbonyl (C=O) groups excluding carboxylic acids is 1. The number of nitrogens with one attached hydrogen (secondary N) is 2. The smallest absolute Gasteiger partial charge is 0.268 e. The van der Waals surface area contributed by atoms with Crippen molar-refractivity contribution in [3.8, 4) is 0 Å². The lowest BCUT2D eigenvalue weighted by molar-refractivity contribution is 0.0918. The highest BCUT2D eigenvalue weighted by atomic mass is 16.2. The third-order valence-corrected chi connectivity index (χ3v) is 6.59. The zero-order valence-electron chi connectivity index (χ0n) is 19.4. The lowest BCUT2D eigenvalue weighted by Gasteiger charge is -2.30. The maximum atomic E-state index is 12.9. The van der Waals surface area contributed by atoms with Crippen LogP contribution in [0.5, 0.6) is 0 Å². The van der Waals surface area contributed by atoms with E-state index in [-0.39, 0.29) is 11.9 Å². The lowest BCUT2D eigenvalue weighted by atomic mass is 9.91. The Labute approximate surface area is 193 Å². The Morgan fingerprint density at radius 2 is 1.67 bits per heavy atom.